The molecule has 1 aliphatic heterocycles. The van der Waals surface area contributed by atoms with Gasteiger partial charge in [0.2, 0.25) is 11.8 Å². The fourth-order valence-corrected chi connectivity index (χ4v) is 2.91. The largest absolute Gasteiger partial charge is 0.487 e. The van der Waals surface area contributed by atoms with Gasteiger partial charge in [0.05, 0.1) is 18.8 Å². The van der Waals surface area contributed by atoms with Gasteiger partial charge in [0.1, 0.15) is 11.9 Å². The Morgan fingerprint density at radius 3 is 2.46 bits per heavy atom. The lowest BCUT2D eigenvalue weighted by Gasteiger charge is -2.34. The number of carbonyl (C=O) groups is 2. The zero-order valence-electron chi connectivity index (χ0n) is 14.8. The highest BCUT2D eigenvalue weighted by molar-refractivity contribution is 5.95. The molecule has 26 heavy (non-hydrogen) atoms. The maximum Gasteiger partial charge on any atom is 0.243 e. The molecule has 1 heterocycles. The van der Waals surface area contributed by atoms with Crippen LogP contribution in [0.15, 0.2) is 42.5 Å². The number of hydrogen-bond donors (Lipinski definition) is 3. The average molecular weight is 354 g/mol. The minimum absolute atomic E-state index is 0.0333. The van der Waals surface area contributed by atoms with Crippen LogP contribution in [-0.2, 0) is 9.59 Å². The molecule has 136 valence electrons. The standard InChI is InChI=1S/C19H22N4O3/c1-12-10-23(17-8-3-14(20)9-18(17)26-12)11-19(25)22-16-6-4-15(5-7-16)21-13(2)24/h3-9,12H,10-11,20H2,1-2H3,(H,21,24)(H,22,25). The van der Waals surface area contributed by atoms with Crippen molar-refractivity contribution in [1.29, 1.82) is 0 Å². The van der Waals surface area contributed by atoms with E-state index in [2.05, 4.69) is 10.6 Å². The Hall–Kier alpha value is -3.22. The number of nitrogens with zero attached hydrogens (tertiary/aromatic N) is 1. The summed E-state index contributed by atoms with van der Waals surface area (Å²) in [5, 5.41) is 5.56. The highest BCUT2D eigenvalue weighted by atomic mass is 16.5. The lowest BCUT2D eigenvalue weighted by molar-refractivity contribution is -0.115. The van der Waals surface area contributed by atoms with Gasteiger partial charge in [-0.05, 0) is 43.3 Å². The number of hydrogen-bond acceptors (Lipinski definition) is 5. The van der Waals surface area contributed by atoms with Crippen LogP contribution < -0.4 is 26.0 Å². The van der Waals surface area contributed by atoms with Gasteiger partial charge in [-0.25, -0.2) is 0 Å². The van der Waals surface area contributed by atoms with Gasteiger partial charge in [0.25, 0.3) is 0 Å². The van der Waals surface area contributed by atoms with Gasteiger partial charge in [-0.15, -0.1) is 0 Å². The number of fused-ring (bicyclic) bond motifs is 1. The number of carbonyl (C=O) groups excluding carboxylic acids is 2. The lowest BCUT2D eigenvalue weighted by atomic mass is 10.2. The van der Waals surface area contributed by atoms with Crippen molar-refractivity contribution < 1.29 is 14.3 Å². The fourth-order valence-electron chi connectivity index (χ4n) is 2.91. The number of rotatable bonds is 4. The summed E-state index contributed by atoms with van der Waals surface area (Å²) in [6.07, 6.45) is -0.0333. The van der Waals surface area contributed by atoms with Crippen molar-refractivity contribution in [2.24, 2.45) is 0 Å². The summed E-state index contributed by atoms with van der Waals surface area (Å²) in [6.45, 7) is 4.23. The molecule has 0 radical (unpaired) electrons. The second kappa shape index (κ2) is 7.35. The second-order valence-electron chi connectivity index (χ2n) is 6.34. The first-order chi connectivity index (χ1) is 12.4. The summed E-state index contributed by atoms with van der Waals surface area (Å²) in [5.74, 6) is 0.424. The van der Waals surface area contributed by atoms with E-state index in [0.717, 1.165) is 5.69 Å². The third kappa shape index (κ3) is 4.24. The van der Waals surface area contributed by atoms with Gasteiger partial charge in [0, 0.05) is 30.1 Å². The highest BCUT2D eigenvalue weighted by Crippen LogP contribution is 2.34. The van der Waals surface area contributed by atoms with E-state index in [1.165, 1.54) is 6.92 Å². The number of amides is 2. The zero-order chi connectivity index (χ0) is 18.7. The molecular weight excluding hydrogens is 332 g/mol. The maximum absolute atomic E-state index is 12.4. The topological polar surface area (TPSA) is 96.7 Å². The first-order valence-electron chi connectivity index (χ1n) is 8.39. The summed E-state index contributed by atoms with van der Waals surface area (Å²) in [7, 11) is 0. The SMILES string of the molecule is CC(=O)Nc1ccc(NC(=O)CN2CC(C)Oc3cc(N)ccc32)cc1. The summed E-state index contributed by atoms with van der Waals surface area (Å²) in [6, 6.07) is 12.4. The minimum Gasteiger partial charge on any atom is -0.487 e. The van der Waals surface area contributed by atoms with Crippen LogP contribution in [0.1, 0.15) is 13.8 Å². The molecular formula is C19H22N4O3. The van der Waals surface area contributed by atoms with Gasteiger partial charge in [-0.3, -0.25) is 9.59 Å². The second-order valence-corrected chi connectivity index (χ2v) is 6.34. The van der Waals surface area contributed by atoms with Crippen LogP contribution in [0.4, 0.5) is 22.7 Å². The molecule has 0 saturated heterocycles. The number of nitrogens with one attached hydrogen (secondary N) is 2. The molecule has 3 rings (SSSR count). The Balaban J connectivity index is 1.66. The minimum atomic E-state index is -0.137. The first-order valence-corrected chi connectivity index (χ1v) is 8.39. The molecule has 1 unspecified atom stereocenters. The molecule has 0 saturated carbocycles. The molecule has 1 aliphatic rings. The molecule has 7 nitrogen and oxygen atoms in total. The van der Waals surface area contributed by atoms with Crippen LogP contribution in [0.5, 0.6) is 5.75 Å². The van der Waals surface area contributed by atoms with E-state index in [1.807, 2.05) is 17.9 Å². The van der Waals surface area contributed by atoms with Crippen LogP contribution in [0, 0.1) is 0 Å². The number of ether oxygens (including phenoxy) is 1. The fraction of sp³-hybridized carbons (Fsp3) is 0.263. The molecule has 4 N–H and O–H groups in total. The van der Waals surface area contributed by atoms with Crippen LogP contribution in [0.25, 0.3) is 0 Å². The summed E-state index contributed by atoms with van der Waals surface area (Å²) >= 11 is 0. The van der Waals surface area contributed by atoms with Gasteiger partial charge in [0.15, 0.2) is 0 Å². The van der Waals surface area contributed by atoms with Crippen molar-refractivity contribution in [3.05, 3.63) is 42.5 Å². The molecule has 0 bridgehead atoms. The van der Waals surface area contributed by atoms with Crippen LogP contribution in [0.3, 0.4) is 0 Å². The van der Waals surface area contributed by atoms with Gasteiger partial charge in [-0.2, -0.15) is 0 Å². The quantitative estimate of drug-likeness (QED) is 0.733. The van der Waals surface area contributed by atoms with Gasteiger partial charge in [-0.1, -0.05) is 0 Å². The smallest absolute Gasteiger partial charge is 0.243 e. The van der Waals surface area contributed by atoms with Crippen molar-refractivity contribution in [3.63, 3.8) is 0 Å². The molecule has 2 aromatic carbocycles. The van der Waals surface area contributed by atoms with Gasteiger partial charge >= 0.3 is 0 Å². The Kier molecular flexibility index (Phi) is 4.97. The Bertz CT molecular complexity index is 820. The Morgan fingerprint density at radius 2 is 1.81 bits per heavy atom. The molecule has 2 aromatic rings. The summed E-state index contributed by atoms with van der Waals surface area (Å²) in [4.78, 5) is 25.5. The van der Waals surface area contributed by atoms with Crippen LogP contribution in [-0.4, -0.2) is 31.0 Å². The first kappa shape index (κ1) is 17.6. The van der Waals surface area contributed by atoms with E-state index < -0.39 is 0 Å². The maximum atomic E-state index is 12.4. The average Bonchev–Trinajstić information content (AvgIpc) is 2.55. The van der Waals surface area contributed by atoms with E-state index in [1.54, 1.807) is 36.4 Å². The lowest BCUT2D eigenvalue weighted by Crippen LogP contribution is -2.42. The van der Waals surface area contributed by atoms with Crippen LogP contribution in [0.2, 0.25) is 0 Å². The molecule has 7 heteroatoms. The van der Waals surface area contributed by atoms with Crippen molar-refractivity contribution in [2.45, 2.75) is 20.0 Å². The predicted molar refractivity (Wildman–Crippen MR) is 103 cm³/mol. The zero-order valence-corrected chi connectivity index (χ0v) is 14.8. The highest BCUT2D eigenvalue weighted by Gasteiger charge is 2.24. The van der Waals surface area contributed by atoms with Crippen molar-refractivity contribution >= 4 is 34.6 Å². The van der Waals surface area contributed by atoms with E-state index >= 15 is 0 Å². The normalized spacial score (nSPS) is 15.6. The van der Waals surface area contributed by atoms with Crippen molar-refractivity contribution in [2.75, 3.05) is 34.4 Å². The third-order valence-corrected chi connectivity index (χ3v) is 3.95. The summed E-state index contributed by atoms with van der Waals surface area (Å²) < 4.78 is 5.80. The van der Waals surface area contributed by atoms with Crippen molar-refractivity contribution in [1.82, 2.24) is 0 Å². The molecule has 1 atom stereocenters. The molecule has 0 fully saturated rings. The number of nitrogen functional groups attached to an aromatic ring is 1. The number of nitrogens with two attached hydrogens (primary N) is 1. The molecule has 0 aromatic heterocycles. The van der Waals surface area contributed by atoms with E-state index in [0.29, 0.717) is 29.4 Å². The molecule has 2 amide bonds. The monoisotopic (exact) mass is 354 g/mol. The Labute approximate surface area is 152 Å². The van der Waals surface area contributed by atoms with E-state index in [4.69, 9.17) is 10.5 Å². The molecule has 0 aliphatic carbocycles. The van der Waals surface area contributed by atoms with Crippen LogP contribution >= 0.6 is 0 Å². The molecule has 0 spiro atoms. The van der Waals surface area contributed by atoms with E-state index in [9.17, 15) is 9.59 Å². The predicted octanol–water partition coefficient (Wildman–Crippen LogP) is 2.45. The Morgan fingerprint density at radius 1 is 1.15 bits per heavy atom. The summed E-state index contributed by atoms with van der Waals surface area (Å²) in [5.41, 5.74) is 8.65. The number of anilines is 4. The third-order valence-electron chi connectivity index (χ3n) is 3.95. The van der Waals surface area contributed by atoms with Gasteiger partial charge < -0.3 is 26.0 Å². The number of benzene rings is 2. The van der Waals surface area contributed by atoms with Crippen molar-refractivity contribution in [3.8, 4) is 5.75 Å². The van der Waals surface area contributed by atoms with E-state index in [-0.39, 0.29) is 24.5 Å².